The lowest BCUT2D eigenvalue weighted by Crippen LogP contribution is -2.46. The first-order chi connectivity index (χ1) is 10.8. The fraction of sp³-hybridized carbons (Fsp3) is 0.941. The molecule has 2 heterocycles. The highest BCUT2D eigenvalue weighted by Gasteiger charge is 2.25. The number of likely N-dealkylation sites (tertiary alicyclic amines) is 1. The molecular formula is C17H35Cl2N3O2. The quantitative estimate of drug-likeness (QED) is 0.653. The largest absolute Gasteiger partial charge is 0.379 e. The van der Waals surface area contributed by atoms with E-state index in [0.29, 0.717) is 11.8 Å². The Kier molecular flexibility index (Phi) is 14.1. The Bertz CT molecular complexity index is 329. The minimum atomic E-state index is 0. The molecule has 2 aliphatic rings. The van der Waals surface area contributed by atoms with Crippen LogP contribution in [0.4, 0.5) is 0 Å². The summed E-state index contributed by atoms with van der Waals surface area (Å²) in [7, 11) is 0. The Balaban J connectivity index is 0.00000264. The van der Waals surface area contributed by atoms with Crippen molar-refractivity contribution in [3.63, 3.8) is 0 Å². The number of ether oxygens (including phenoxy) is 1. The van der Waals surface area contributed by atoms with E-state index in [9.17, 15) is 4.79 Å². The van der Waals surface area contributed by atoms with Gasteiger partial charge in [0.25, 0.3) is 0 Å². The zero-order chi connectivity index (χ0) is 15.6. The molecule has 0 spiro atoms. The van der Waals surface area contributed by atoms with Gasteiger partial charge in [0.05, 0.1) is 13.2 Å². The van der Waals surface area contributed by atoms with Crippen molar-refractivity contribution in [1.82, 2.24) is 9.80 Å². The molecule has 0 radical (unpaired) electrons. The molecule has 2 fully saturated rings. The Morgan fingerprint density at radius 2 is 1.75 bits per heavy atom. The fourth-order valence-electron chi connectivity index (χ4n) is 3.52. The van der Waals surface area contributed by atoms with Crippen LogP contribution in [0, 0.1) is 5.92 Å². The number of nitrogens with zero attached hydrogens (tertiary/aromatic N) is 2. The van der Waals surface area contributed by atoms with Crippen molar-refractivity contribution in [3.05, 3.63) is 0 Å². The molecule has 0 aromatic rings. The maximum Gasteiger partial charge on any atom is 0.222 e. The summed E-state index contributed by atoms with van der Waals surface area (Å²) in [4.78, 5) is 16.9. The van der Waals surface area contributed by atoms with Crippen molar-refractivity contribution in [3.8, 4) is 0 Å². The van der Waals surface area contributed by atoms with Crippen LogP contribution in [0.3, 0.4) is 0 Å². The number of morpholine rings is 1. The number of nitrogens with two attached hydrogens (primary N) is 1. The van der Waals surface area contributed by atoms with Crippen LogP contribution in [0.25, 0.3) is 0 Å². The molecule has 2 aliphatic heterocycles. The van der Waals surface area contributed by atoms with Gasteiger partial charge in [-0.25, -0.2) is 0 Å². The molecule has 2 rings (SSSR count). The number of halogens is 2. The lowest BCUT2D eigenvalue weighted by molar-refractivity contribution is -0.133. The smallest absolute Gasteiger partial charge is 0.222 e. The predicted octanol–water partition coefficient (Wildman–Crippen LogP) is 2.31. The first-order valence-electron chi connectivity index (χ1n) is 9.07. The standard InChI is InChI=1S/C17H33N3O2.2ClH/c18-8-4-2-1-3-7-17(21)20-9-5-6-16(15-20)14-19-10-12-22-13-11-19;;/h16H,1-15,18H2;2*1H. The molecular weight excluding hydrogens is 349 g/mol. The maximum absolute atomic E-state index is 12.3. The van der Waals surface area contributed by atoms with Crippen LogP contribution in [0.5, 0.6) is 0 Å². The molecule has 1 atom stereocenters. The summed E-state index contributed by atoms with van der Waals surface area (Å²) in [5.74, 6) is 1.01. The molecule has 0 aromatic carbocycles. The fourth-order valence-corrected chi connectivity index (χ4v) is 3.52. The third kappa shape index (κ3) is 8.86. The number of carbonyl (C=O) groups is 1. The summed E-state index contributed by atoms with van der Waals surface area (Å²) < 4.78 is 5.41. The number of hydrogen-bond acceptors (Lipinski definition) is 4. The van der Waals surface area contributed by atoms with Crippen LogP contribution >= 0.6 is 24.8 Å². The topological polar surface area (TPSA) is 58.8 Å². The van der Waals surface area contributed by atoms with Gasteiger partial charge in [0.2, 0.25) is 5.91 Å². The van der Waals surface area contributed by atoms with Gasteiger partial charge in [-0.1, -0.05) is 12.8 Å². The molecule has 0 saturated carbocycles. The van der Waals surface area contributed by atoms with Crippen LogP contribution in [-0.2, 0) is 9.53 Å². The lowest BCUT2D eigenvalue weighted by Gasteiger charge is -2.36. The third-order valence-electron chi connectivity index (χ3n) is 4.84. The van der Waals surface area contributed by atoms with Gasteiger partial charge in [0.1, 0.15) is 0 Å². The summed E-state index contributed by atoms with van der Waals surface area (Å²) in [5, 5.41) is 0. The van der Waals surface area contributed by atoms with Gasteiger partial charge in [-0.15, -0.1) is 24.8 Å². The Labute approximate surface area is 159 Å². The highest BCUT2D eigenvalue weighted by molar-refractivity contribution is 5.85. The molecule has 144 valence electrons. The van der Waals surface area contributed by atoms with Crippen molar-refractivity contribution in [2.75, 3.05) is 52.5 Å². The van der Waals surface area contributed by atoms with E-state index in [1.807, 2.05) is 0 Å². The molecule has 0 aromatic heterocycles. The van der Waals surface area contributed by atoms with Gasteiger partial charge in [0, 0.05) is 39.1 Å². The summed E-state index contributed by atoms with van der Waals surface area (Å²) in [6.45, 7) is 7.63. The van der Waals surface area contributed by atoms with Crippen molar-refractivity contribution >= 4 is 30.7 Å². The normalized spacial score (nSPS) is 21.7. The Morgan fingerprint density at radius 3 is 2.46 bits per heavy atom. The predicted molar refractivity (Wildman–Crippen MR) is 103 cm³/mol. The van der Waals surface area contributed by atoms with Gasteiger partial charge in [-0.2, -0.15) is 0 Å². The van der Waals surface area contributed by atoms with E-state index < -0.39 is 0 Å². The molecule has 1 unspecified atom stereocenters. The van der Waals surface area contributed by atoms with E-state index in [-0.39, 0.29) is 24.8 Å². The molecule has 24 heavy (non-hydrogen) atoms. The van der Waals surface area contributed by atoms with E-state index >= 15 is 0 Å². The minimum Gasteiger partial charge on any atom is -0.379 e. The molecule has 0 bridgehead atoms. The number of amides is 1. The molecule has 1 amide bonds. The van der Waals surface area contributed by atoms with Crippen LogP contribution in [0.2, 0.25) is 0 Å². The van der Waals surface area contributed by atoms with E-state index in [4.69, 9.17) is 10.5 Å². The lowest BCUT2D eigenvalue weighted by atomic mass is 9.96. The van der Waals surface area contributed by atoms with Gasteiger partial charge in [-0.05, 0) is 38.1 Å². The average molecular weight is 384 g/mol. The second-order valence-corrected chi connectivity index (χ2v) is 6.71. The van der Waals surface area contributed by atoms with E-state index in [1.165, 1.54) is 6.42 Å². The zero-order valence-electron chi connectivity index (χ0n) is 14.8. The summed E-state index contributed by atoms with van der Waals surface area (Å²) in [5.41, 5.74) is 5.49. The summed E-state index contributed by atoms with van der Waals surface area (Å²) in [6.07, 6.45) is 7.53. The highest BCUT2D eigenvalue weighted by atomic mass is 35.5. The summed E-state index contributed by atoms with van der Waals surface area (Å²) >= 11 is 0. The van der Waals surface area contributed by atoms with Crippen molar-refractivity contribution in [1.29, 1.82) is 0 Å². The SMILES string of the molecule is Cl.Cl.NCCCCCCC(=O)N1CCCC(CN2CCOCC2)C1. The van der Waals surface area contributed by atoms with Gasteiger partial charge in [0.15, 0.2) is 0 Å². The number of unbranched alkanes of at least 4 members (excludes halogenated alkanes) is 3. The van der Waals surface area contributed by atoms with Gasteiger partial charge in [-0.3, -0.25) is 9.69 Å². The first-order valence-corrected chi connectivity index (χ1v) is 9.07. The van der Waals surface area contributed by atoms with Gasteiger partial charge >= 0.3 is 0 Å². The van der Waals surface area contributed by atoms with E-state index in [2.05, 4.69) is 9.80 Å². The molecule has 0 aliphatic carbocycles. The number of rotatable bonds is 8. The average Bonchev–Trinajstić information content (AvgIpc) is 2.56. The third-order valence-corrected chi connectivity index (χ3v) is 4.84. The van der Waals surface area contributed by atoms with Crippen LogP contribution in [-0.4, -0.2) is 68.2 Å². The van der Waals surface area contributed by atoms with Gasteiger partial charge < -0.3 is 15.4 Å². The molecule has 7 heteroatoms. The van der Waals surface area contributed by atoms with Crippen LogP contribution in [0.15, 0.2) is 0 Å². The molecule has 2 saturated heterocycles. The first kappa shape index (κ1) is 23.9. The summed E-state index contributed by atoms with van der Waals surface area (Å²) in [6, 6.07) is 0. The van der Waals surface area contributed by atoms with Crippen molar-refractivity contribution in [2.45, 2.75) is 44.9 Å². The number of hydrogen-bond donors (Lipinski definition) is 1. The Morgan fingerprint density at radius 1 is 1.04 bits per heavy atom. The number of carbonyl (C=O) groups excluding carboxylic acids is 1. The minimum absolute atomic E-state index is 0. The number of piperidine rings is 1. The molecule has 5 nitrogen and oxygen atoms in total. The van der Waals surface area contributed by atoms with Crippen molar-refractivity contribution in [2.24, 2.45) is 11.7 Å². The molecule has 2 N–H and O–H groups in total. The second kappa shape index (κ2) is 14.1. The monoisotopic (exact) mass is 383 g/mol. The van der Waals surface area contributed by atoms with Crippen LogP contribution in [0.1, 0.15) is 44.9 Å². The Hall–Kier alpha value is -0.0700. The zero-order valence-corrected chi connectivity index (χ0v) is 16.4. The van der Waals surface area contributed by atoms with E-state index in [1.54, 1.807) is 0 Å². The second-order valence-electron chi connectivity index (χ2n) is 6.71. The van der Waals surface area contributed by atoms with Crippen molar-refractivity contribution < 1.29 is 9.53 Å². The van der Waals surface area contributed by atoms with Crippen LogP contribution < -0.4 is 5.73 Å². The maximum atomic E-state index is 12.3. The highest BCUT2D eigenvalue weighted by Crippen LogP contribution is 2.19. The van der Waals surface area contributed by atoms with E-state index in [0.717, 1.165) is 91.0 Å².